The minimum Gasteiger partial charge on any atom is -0.333 e. The van der Waals surface area contributed by atoms with Crippen molar-refractivity contribution in [1.82, 2.24) is 15.1 Å². The van der Waals surface area contributed by atoms with Gasteiger partial charge in [-0.3, -0.25) is 4.90 Å². The molecule has 0 spiro atoms. The van der Waals surface area contributed by atoms with Gasteiger partial charge in [-0.2, -0.15) is 0 Å². The third kappa shape index (κ3) is 4.98. The van der Waals surface area contributed by atoms with E-state index in [1.165, 1.54) is 4.88 Å². The lowest BCUT2D eigenvalue weighted by Crippen LogP contribution is -2.51. The van der Waals surface area contributed by atoms with Crippen molar-refractivity contribution in [3.8, 4) is 0 Å². The van der Waals surface area contributed by atoms with Gasteiger partial charge in [-0.05, 0) is 43.6 Å². The molecule has 3 rings (SSSR count). The molecule has 1 aliphatic heterocycles. The second kappa shape index (κ2) is 8.86. The summed E-state index contributed by atoms with van der Waals surface area (Å²) < 4.78 is 0. The smallest absolute Gasteiger partial charge is 0.319 e. The molecule has 1 saturated heterocycles. The maximum absolute atomic E-state index is 12.5. The third-order valence-electron chi connectivity index (χ3n) is 4.68. The molecule has 1 fully saturated rings. The number of urea groups is 1. The average molecular weight is 393 g/mol. The minimum atomic E-state index is -0.213. The van der Waals surface area contributed by atoms with Gasteiger partial charge in [0.1, 0.15) is 0 Å². The Bertz CT molecular complexity index is 716. The Morgan fingerprint density at radius 1 is 1.19 bits per heavy atom. The van der Waals surface area contributed by atoms with Gasteiger partial charge in [-0.25, -0.2) is 4.79 Å². The molecule has 0 bridgehead atoms. The van der Waals surface area contributed by atoms with Crippen LogP contribution in [0.3, 0.4) is 0 Å². The van der Waals surface area contributed by atoms with E-state index in [-0.39, 0.29) is 18.1 Å². The van der Waals surface area contributed by atoms with Crippen LogP contribution in [-0.2, 0) is 0 Å². The lowest BCUT2D eigenvalue weighted by molar-refractivity contribution is 0.0971. The van der Waals surface area contributed by atoms with Gasteiger partial charge in [0.2, 0.25) is 0 Å². The molecule has 140 valence electrons. The Kier molecular flexibility index (Phi) is 6.53. The van der Waals surface area contributed by atoms with Crippen molar-refractivity contribution < 1.29 is 4.79 Å². The Morgan fingerprint density at radius 2 is 1.96 bits per heavy atom. The molecule has 2 heterocycles. The average Bonchev–Trinajstić information content (AvgIpc) is 3.11. The lowest BCUT2D eigenvalue weighted by Gasteiger charge is -2.40. The number of hydrogen-bond donors (Lipinski definition) is 2. The van der Waals surface area contributed by atoms with Gasteiger partial charge in [0.05, 0.1) is 6.04 Å². The molecule has 2 amide bonds. The van der Waals surface area contributed by atoms with Gasteiger partial charge in [0.15, 0.2) is 0 Å². The van der Waals surface area contributed by atoms with E-state index >= 15 is 0 Å². The van der Waals surface area contributed by atoms with E-state index in [0.717, 1.165) is 26.2 Å². The van der Waals surface area contributed by atoms with E-state index in [1.54, 1.807) is 23.5 Å². The van der Waals surface area contributed by atoms with Gasteiger partial charge in [0.25, 0.3) is 0 Å². The number of amides is 2. The summed E-state index contributed by atoms with van der Waals surface area (Å²) in [5.74, 6) is 0. The maximum atomic E-state index is 12.5. The number of nitrogens with zero attached hydrogens (tertiary/aromatic N) is 2. The number of carbonyl (C=O) groups is 1. The van der Waals surface area contributed by atoms with E-state index in [0.29, 0.717) is 10.7 Å². The van der Waals surface area contributed by atoms with E-state index in [2.05, 4.69) is 51.9 Å². The van der Waals surface area contributed by atoms with Crippen LogP contribution in [0.2, 0.25) is 5.02 Å². The van der Waals surface area contributed by atoms with E-state index in [9.17, 15) is 4.79 Å². The monoisotopic (exact) mass is 392 g/mol. The molecule has 1 aromatic heterocycles. The second-order valence-corrected chi connectivity index (χ2v) is 8.11. The first-order valence-corrected chi connectivity index (χ1v) is 10.1. The van der Waals surface area contributed by atoms with Crippen LogP contribution in [-0.4, -0.2) is 55.1 Å². The molecule has 0 aliphatic carbocycles. The van der Waals surface area contributed by atoms with E-state index < -0.39 is 0 Å². The summed E-state index contributed by atoms with van der Waals surface area (Å²) in [6.07, 6.45) is 0. The normalized spacial score (nSPS) is 18.3. The molecule has 2 N–H and O–H groups in total. The molecule has 0 saturated carbocycles. The predicted octanol–water partition coefficient (Wildman–Crippen LogP) is 3.90. The fourth-order valence-electron chi connectivity index (χ4n) is 3.32. The summed E-state index contributed by atoms with van der Waals surface area (Å²) in [4.78, 5) is 18.5. The minimum absolute atomic E-state index is 0.0174. The molecule has 2 atom stereocenters. The van der Waals surface area contributed by atoms with Crippen LogP contribution in [0.5, 0.6) is 0 Å². The van der Waals surface area contributed by atoms with Gasteiger partial charge in [0, 0.05) is 47.8 Å². The van der Waals surface area contributed by atoms with Crippen LogP contribution in [0.4, 0.5) is 10.5 Å². The Labute approximate surface area is 163 Å². The highest BCUT2D eigenvalue weighted by Crippen LogP contribution is 2.29. The van der Waals surface area contributed by atoms with Crippen LogP contribution in [0.25, 0.3) is 0 Å². The highest BCUT2D eigenvalue weighted by molar-refractivity contribution is 7.10. The number of nitrogens with one attached hydrogen (secondary N) is 2. The number of thiophene rings is 1. The van der Waals surface area contributed by atoms with Gasteiger partial charge >= 0.3 is 6.03 Å². The van der Waals surface area contributed by atoms with Crippen molar-refractivity contribution in [2.45, 2.75) is 19.0 Å². The quantitative estimate of drug-likeness (QED) is 0.811. The Hall–Kier alpha value is -1.60. The van der Waals surface area contributed by atoms with Crippen molar-refractivity contribution >= 4 is 34.7 Å². The molecule has 7 heteroatoms. The molecule has 0 unspecified atom stereocenters. The predicted molar refractivity (Wildman–Crippen MR) is 109 cm³/mol. The van der Waals surface area contributed by atoms with Crippen LogP contribution >= 0.6 is 22.9 Å². The Morgan fingerprint density at radius 3 is 2.62 bits per heavy atom. The number of benzene rings is 1. The van der Waals surface area contributed by atoms with Crippen molar-refractivity contribution in [2.75, 3.05) is 38.5 Å². The molecule has 1 aromatic carbocycles. The highest BCUT2D eigenvalue weighted by Gasteiger charge is 2.30. The number of piperazine rings is 1. The van der Waals surface area contributed by atoms with Crippen LogP contribution in [0.15, 0.2) is 41.8 Å². The zero-order valence-electron chi connectivity index (χ0n) is 15.1. The molecule has 2 aromatic rings. The van der Waals surface area contributed by atoms with Gasteiger partial charge in [-0.1, -0.05) is 23.7 Å². The topological polar surface area (TPSA) is 47.6 Å². The van der Waals surface area contributed by atoms with Crippen LogP contribution in [0, 0.1) is 0 Å². The SMILES string of the molecule is C[C@H](NC(=O)Nc1cccc(Cl)c1)[C@H](c1cccs1)N1CCN(C)CC1. The van der Waals surface area contributed by atoms with Crippen molar-refractivity contribution in [3.05, 3.63) is 51.7 Å². The second-order valence-electron chi connectivity index (χ2n) is 6.70. The lowest BCUT2D eigenvalue weighted by atomic mass is 10.1. The summed E-state index contributed by atoms with van der Waals surface area (Å²) in [5, 5.41) is 8.66. The zero-order chi connectivity index (χ0) is 18.5. The number of halogens is 1. The van der Waals surface area contributed by atoms with E-state index in [1.807, 2.05) is 12.1 Å². The number of carbonyl (C=O) groups excluding carboxylic acids is 1. The molecule has 26 heavy (non-hydrogen) atoms. The first-order chi connectivity index (χ1) is 12.5. The summed E-state index contributed by atoms with van der Waals surface area (Å²) >= 11 is 7.73. The van der Waals surface area contributed by atoms with Crippen molar-refractivity contribution in [1.29, 1.82) is 0 Å². The molecule has 0 radical (unpaired) electrons. The summed E-state index contributed by atoms with van der Waals surface area (Å²) in [7, 11) is 2.15. The summed E-state index contributed by atoms with van der Waals surface area (Å²) in [6.45, 7) is 6.16. The fraction of sp³-hybridized carbons (Fsp3) is 0.421. The fourth-order valence-corrected chi connectivity index (χ4v) is 4.48. The highest BCUT2D eigenvalue weighted by atomic mass is 35.5. The maximum Gasteiger partial charge on any atom is 0.319 e. The number of rotatable bonds is 5. The molecule has 5 nitrogen and oxygen atoms in total. The van der Waals surface area contributed by atoms with Crippen molar-refractivity contribution in [2.24, 2.45) is 0 Å². The van der Waals surface area contributed by atoms with Crippen molar-refractivity contribution in [3.63, 3.8) is 0 Å². The third-order valence-corrected chi connectivity index (χ3v) is 5.86. The summed E-state index contributed by atoms with van der Waals surface area (Å²) in [5.41, 5.74) is 0.689. The standard InChI is InChI=1S/C19H25ClN4OS/c1-14(21-19(25)22-16-6-3-5-15(20)13-16)18(17-7-4-12-26-17)24-10-8-23(2)9-11-24/h3-7,12-14,18H,8-11H2,1-2H3,(H2,21,22,25)/t14-,18+/m0/s1. The number of likely N-dealkylation sites (N-methyl/N-ethyl adjacent to an activating group) is 1. The van der Waals surface area contributed by atoms with Crippen LogP contribution < -0.4 is 10.6 Å². The number of hydrogen-bond acceptors (Lipinski definition) is 4. The van der Waals surface area contributed by atoms with Crippen LogP contribution in [0.1, 0.15) is 17.8 Å². The number of anilines is 1. The Balaban J connectivity index is 1.67. The first-order valence-electron chi connectivity index (χ1n) is 8.82. The van der Waals surface area contributed by atoms with E-state index in [4.69, 9.17) is 11.6 Å². The molecule has 1 aliphatic rings. The largest absolute Gasteiger partial charge is 0.333 e. The summed E-state index contributed by atoms with van der Waals surface area (Å²) in [6, 6.07) is 11.3. The first kappa shape index (κ1) is 19.2. The van der Waals surface area contributed by atoms with Gasteiger partial charge < -0.3 is 15.5 Å². The molecular formula is C19H25ClN4OS. The molecular weight excluding hydrogens is 368 g/mol. The zero-order valence-corrected chi connectivity index (χ0v) is 16.7. The van der Waals surface area contributed by atoms with Gasteiger partial charge in [-0.15, -0.1) is 11.3 Å².